The molecule has 1 saturated heterocycles. The first-order valence-electron chi connectivity index (χ1n) is 9.37. The van der Waals surface area contributed by atoms with Crippen LogP contribution < -0.4 is 5.32 Å². The number of nitrogens with zero attached hydrogens (tertiary/aromatic N) is 1. The van der Waals surface area contributed by atoms with Crippen molar-refractivity contribution >= 4 is 17.7 Å². The van der Waals surface area contributed by atoms with E-state index in [9.17, 15) is 14.4 Å². The smallest absolute Gasteiger partial charge is 0.319 e. The summed E-state index contributed by atoms with van der Waals surface area (Å²) in [5.74, 6) is -0.682. The van der Waals surface area contributed by atoms with E-state index in [4.69, 9.17) is 0 Å². The zero-order valence-electron chi connectivity index (χ0n) is 17.0. The fraction of sp³-hybridized carbons (Fsp3) is 0.348. The van der Waals surface area contributed by atoms with Crippen LogP contribution >= 0.6 is 0 Å². The number of hydrogen-bond acceptors (Lipinski definition) is 3. The number of ketones is 1. The van der Waals surface area contributed by atoms with E-state index in [0.29, 0.717) is 11.1 Å². The van der Waals surface area contributed by atoms with E-state index in [1.54, 1.807) is 19.1 Å². The maximum atomic E-state index is 13.0. The van der Waals surface area contributed by atoms with Gasteiger partial charge in [0, 0.05) is 5.56 Å². The second-order valence-electron chi connectivity index (χ2n) is 8.56. The molecule has 1 heterocycles. The molecule has 3 rings (SSSR count). The van der Waals surface area contributed by atoms with Crippen LogP contribution in [0, 0.1) is 6.92 Å². The van der Waals surface area contributed by atoms with Gasteiger partial charge in [0.2, 0.25) is 0 Å². The largest absolute Gasteiger partial charge is 0.325 e. The Labute approximate surface area is 165 Å². The number of imide groups is 1. The van der Waals surface area contributed by atoms with Gasteiger partial charge in [0.25, 0.3) is 5.91 Å². The fourth-order valence-corrected chi connectivity index (χ4v) is 3.31. The van der Waals surface area contributed by atoms with Crippen LogP contribution in [0.4, 0.5) is 4.79 Å². The molecule has 3 amide bonds. The minimum Gasteiger partial charge on any atom is -0.319 e. The van der Waals surface area contributed by atoms with Gasteiger partial charge >= 0.3 is 6.03 Å². The van der Waals surface area contributed by atoms with Crippen molar-refractivity contribution in [3.63, 3.8) is 0 Å². The van der Waals surface area contributed by atoms with Gasteiger partial charge in [-0.05, 0) is 30.4 Å². The van der Waals surface area contributed by atoms with E-state index in [2.05, 4.69) is 26.1 Å². The Bertz CT molecular complexity index is 924. The molecular formula is C23H26N2O3. The predicted molar refractivity (Wildman–Crippen MR) is 108 cm³/mol. The molecule has 1 aliphatic heterocycles. The second-order valence-corrected chi connectivity index (χ2v) is 8.56. The number of amides is 3. The first-order valence-corrected chi connectivity index (χ1v) is 9.37. The van der Waals surface area contributed by atoms with Gasteiger partial charge in [0.1, 0.15) is 5.54 Å². The topological polar surface area (TPSA) is 66.5 Å². The zero-order valence-corrected chi connectivity index (χ0v) is 17.0. The summed E-state index contributed by atoms with van der Waals surface area (Å²) in [6.07, 6.45) is 0. The highest BCUT2D eigenvalue weighted by Crippen LogP contribution is 2.29. The van der Waals surface area contributed by atoms with Crippen molar-refractivity contribution in [3.05, 3.63) is 70.8 Å². The lowest BCUT2D eigenvalue weighted by Crippen LogP contribution is -2.41. The number of rotatable bonds is 4. The third-order valence-electron chi connectivity index (χ3n) is 5.28. The van der Waals surface area contributed by atoms with E-state index in [1.807, 2.05) is 43.3 Å². The molecule has 0 aromatic heterocycles. The van der Waals surface area contributed by atoms with Gasteiger partial charge < -0.3 is 5.32 Å². The molecule has 28 heavy (non-hydrogen) atoms. The van der Waals surface area contributed by atoms with E-state index in [0.717, 1.165) is 16.0 Å². The molecule has 2 aromatic rings. The highest BCUT2D eigenvalue weighted by molar-refractivity contribution is 6.11. The van der Waals surface area contributed by atoms with Gasteiger partial charge in [-0.1, -0.05) is 74.9 Å². The Morgan fingerprint density at radius 3 is 2.11 bits per heavy atom. The average molecular weight is 378 g/mol. The summed E-state index contributed by atoms with van der Waals surface area (Å²) in [7, 11) is 0. The van der Waals surface area contributed by atoms with Gasteiger partial charge in [-0.2, -0.15) is 0 Å². The summed E-state index contributed by atoms with van der Waals surface area (Å²) in [4.78, 5) is 39.1. The molecule has 1 N–H and O–H groups in total. The second kappa shape index (κ2) is 6.89. The highest BCUT2D eigenvalue weighted by atomic mass is 16.2. The Balaban J connectivity index is 1.79. The van der Waals surface area contributed by atoms with Crippen LogP contribution in [-0.4, -0.2) is 29.2 Å². The van der Waals surface area contributed by atoms with E-state index in [-0.39, 0.29) is 17.7 Å². The summed E-state index contributed by atoms with van der Waals surface area (Å²) < 4.78 is 0. The Morgan fingerprint density at radius 2 is 1.57 bits per heavy atom. The maximum absolute atomic E-state index is 13.0. The van der Waals surface area contributed by atoms with Crippen LogP contribution in [-0.2, 0) is 15.7 Å². The van der Waals surface area contributed by atoms with Crippen molar-refractivity contribution in [1.82, 2.24) is 10.2 Å². The number of hydrogen-bond donors (Lipinski definition) is 1. The number of carbonyl (C=O) groups excluding carboxylic acids is 3. The summed E-state index contributed by atoms with van der Waals surface area (Å²) >= 11 is 0. The minimum atomic E-state index is -1.17. The summed E-state index contributed by atoms with van der Waals surface area (Å²) in [5, 5.41) is 2.74. The molecule has 0 aliphatic carbocycles. The summed E-state index contributed by atoms with van der Waals surface area (Å²) in [6, 6.07) is 14.2. The third-order valence-corrected chi connectivity index (χ3v) is 5.28. The molecule has 1 fully saturated rings. The van der Waals surface area contributed by atoms with Crippen LogP contribution in [0.1, 0.15) is 54.7 Å². The van der Waals surface area contributed by atoms with Crippen LogP contribution in [0.5, 0.6) is 0 Å². The molecule has 1 atom stereocenters. The van der Waals surface area contributed by atoms with E-state index in [1.165, 1.54) is 0 Å². The van der Waals surface area contributed by atoms with Crippen LogP contribution in [0.2, 0.25) is 0 Å². The number of urea groups is 1. The van der Waals surface area contributed by atoms with Crippen LogP contribution in [0.3, 0.4) is 0 Å². The van der Waals surface area contributed by atoms with Crippen molar-refractivity contribution in [2.75, 3.05) is 6.54 Å². The van der Waals surface area contributed by atoms with Crippen LogP contribution in [0.15, 0.2) is 48.5 Å². The molecule has 0 saturated carbocycles. The molecule has 0 radical (unpaired) electrons. The van der Waals surface area contributed by atoms with Gasteiger partial charge in [-0.25, -0.2) is 4.79 Å². The van der Waals surface area contributed by atoms with E-state index >= 15 is 0 Å². The number of carbonyl (C=O) groups is 3. The summed E-state index contributed by atoms with van der Waals surface area (Å²) in [5.41, 5.74) is 2.18. The van der Waals surface area contributed by atoms with Crippen molar-refractivity contribution in [1.29, 1.82) is 0 Å². The summed E-state index contributed by atoms with van der Waals surface area (Å²) in [6.45, 7) is 9.65. The fourth-order valence-electron chi connectivity index (χ4n) is 3.31. The van der Waals surface area contributed by atoms with Crippen molar-refractivity contribution < 1.29 is 14.4 Å². The Morgan fingerprint density at radius 1 is 1.00 bits per heavy atom. The number of nitrogens with one attached hydrogen (secondary N) is 1. The number of aryl methyl sites for hydroxylation is 1. The lowest BCUT2D eigenvalue weighted by atomic mass is 9.86. The lowest BCUT2D eigenvalue weighted by molar-refractivity contribution is -0.130. The maximum Gasteiger partial charge on any atom is 0.325 e. The molecule has 5 heteroatoms. The monoisotopic (exact) mass is 378 g/mol. The normalized spacial score (nSPS) is 19.7. The quantitative estimate of drug-likeness (QED) is 0.647. The minimum absolute atomic E-state index is 0.0117. The molecule has 146 valence electrons. The molecule has 0 spiro atoms. The molecule has 1 unspecified atom stereocenters. The lowest BCUT2D eigenvalue weighted by Gasteiger charge is -2.22. The standard InChI is InChI=1S/C23H26N2O3/c1-15-6-10-18(11-7-15)23(5)20(27)25(21(28)24-23)14-19(26)16-8-12-17(13-9-16)22(2,3)4/h6-13H,14H2,1-5H3,(H,24,28). The number of Topliss-reactive ketones (excluding diaryl/α,β-unsaturated/α-hetero) is 1. The third kappa shape index (κ3) is 3.57. The van der Waals surface area contributed by atoms with Crippen molar-refractivity contribution in [2.45, 2.75) is 45.6 Å². The SMILES string of the molecule is Cc1ccc(C2(C)NC(=O)N(CC(=O)c3ccc(C(C)(C)C)cc3)C2=O)cc1. The van der Waals surface area contributed by atoms with Gasteiger partial charge in [-0.15, -0.1) is 0 Å². The zero-order chi connectivity index (χ0) is 20.7. The highest BCUT2D eigenvalue weighted by Gasteiger charge is 2.49. The first-order chi connectivity index (χ1) is 13.0. The Hall–Kier alpha value is -2.95. The molecule has 5 nitrogen and oxygen atoms in total. The van der Waals surface area contributed by atoms with E-state index < -0.39 is 17.5 Å². The number of benzene rings is 2. The molecule has 0 bridgehead atoms. The molecular weight excluding hydrogens is 352 g/mol. The molecule has 1 aliphatic rings. The van der Waals surface area contributed by atoms with Gasteiger partial charge in [0.15, 0.2) is 5.78 Å². The van der Waals surface area contributed by atoms with Crippen molar-refractivity contribution in [2.24, 2.45) is 0 Å². The van der Waals surface area contributed by atoms with Crippen molar-refractivity contribution in [3.8, 4) is 0 Å². The Kier molecular flexibility index (Phi) is 4.88. The average Bonchev–Trinajstić information content (AvgIpc) is 2.85. The van der Waals surface area contributed by atoms with Gasteiger partial charge in [-0.3, -0.25) is 14.5 Å². The van der Waals surface area contributed by atoms with Crippen LogP contribution in [0.25, 0.3) is 0 Å². The first kappa shape index (κ1) is 19.8. The van der Waals surface area contributed by atoms with Gasteiger partial charge in [0.05, 0.1) is 6.54 Å². The predicted octanol–water partition coefficient (Wildman–Crippen LogP) is 3.94. The molecule has 2 aromatic carbocycles.